The Morgan fingerprint density at radius 2 is 1.57 bits per heavy atom. The Balaban J connectivity index is 1.89. The summed E-state index contributed by atoms with van der Waals surface area (Å²) in [6, 6.07) is 21.8. The van der Waals surface area contributed by atoms with Crippen molar-refractivity contribution in [2.45, 2.75) is 34.6 Å². The first-order chi connectivity index (χ1) is 13.5. The van der Waals surface area contributed by atoms with E-state index >= 15 is 0 Å². The fraction of sp³-hybridized carbons (Fsp3) is 0.185. The lowest BCUT2D eigenvalue weighted by atomic mass is 9.91. The van der Waals surface area contributed by atoms with Crippen molar-refractivity contribution in [3.05, 3.63) is 100 Å². The van der Waals surface area contributed by atoms with Gasteiger partial charge in [-0.2, -0.15) is 0 Å². The number of benzene rings is 3. The molecule has 0 bridgehead atoms. The van der Waals surface area contributed by atoms with Crippen LogP contribution in [0.4, 0.5) is 0 Å². The van der Waals surface area contributed by atoms with Gasteiger partial charge >= 0.3 is 0 Å². The molecule has 0 aliphatic heterocycles. The molecule has 4 aromatic rings. The second-order valence-electron chi connectivity index (χ2n) is 7.62. The van der Waals surface area contributed by atoms with E-state index in [-0.39, 0.29) is 0 Å². The van der Waals surface area contributed by atoms with Gasteiger partial charge in [0.2, 0.25) is 0 Å². The summed E-state index contributed by atoms with van der Waals surface area (Å²) in [4.78, 5) is 0. The summed E-state index contributed by atoms with van der Waals surface area (Å²) in [6.07, 6.45) is 2.20. The van der Waals surface area contributed by atoms with E-state index in [9.17, 15) is 0 Å². The van der Waals surface area contributed by atoms with Gasteiger partial charge in [0.05, 0.1) is 0 Å². The van der Waals surface area contributed by atoms with E-state index in [0.717, 1.165) is 11.3 Å². The molecule has 0 saturated carbocycles. The van der Waals surface area contributed by atoms with E-state index in [1.165, 1.54) is 49.9 Å². The van der Waals surface area contributed by atoms with Gasteiger partial charge in [0.15, 0.2) is 0 Å². The van der Waals surface area contributed by atoms with Crippen LogP contribution in [0.15, 0.2) is 71.2 Å². The molecular formula is C27H26O. The van der Waals surface area contributed by atoms with Crippen LogP contribution in [0, 0.1) is 27.7 Å². The fourth-order valence-electron chi connectivity index (χ4n) is 3.98. The minimum Gasteiger partial charge on any atom is -0.461 e. The maximum atomic E-state index is 6.04. The molecule has 1 nitrogen and oxygen atoms in total. The minimum absolute atomic E-state index is 0.941. The lowest BCUT2D eigenvalue weighted by Crippen LogP contribution is -1.92. The van der Waals surface area contributed by atoms with Crippen molar-refractivity contribution in [2.75, 3.05) is 0 Å². The quantitative estimate of drug-likeness (QED) is 0.361. The first-order valence-electron chi connectivity index (χ1n) is 9.82. The van der Waals surface area contributed by atoms with Gasteiger partial charge in [-0.15, -0.1) is 0 Å². The van der Waals surface area contributed by atoms with Crippen LogP contribution < -0.4 is 0 Å². The zero-order valence-corrected chi connectivity index (χ0v) is 17.3. The summed E-state index contributed by atoms with van der Waals surface area (Å²) in [6.45, 7) is 10.7. The molecule has 1 heteroatoms. The topological polar surface area (TPSA) is 13.1 Å². The van der Waals surface area contributed by atoms with Crippen molar-refractivity contribution in [3.8, 4) is 11.1 Å². The van der Waals surface area contributed by atoms with E-state index in [4.69, 9.17) is 4.42 Å². The maximum Gasteiger partial charge on any atom is 0.134 e. The smallest absolute Gasteiger partial charge is 0.134 e. The molecule has 0 spiro atoms. The van der Waals surface area contributed by atoms with Crippen LogP contribution in [-0.2, 0) is 0 Å². The zero-order chi connectivity index (χ0) is 19.8. The van der Waals surface area contributed by atoms with Crippen molar-refractivity contribution in [2.24, 2.45) is 0 Å². The summed E-state index contributed by atoms with van der Waals surface area (Å²) in [5.74, 6) is 0.962. The van der Waals surface area contributed by atoms with Crippen LogP contribution in [-0.4, -0.2) is 0 Å². The van der Waals surface area contributed by atoms with Crippen molar-refractivity contribution >= 4 is 16.5 Å². The number of fused-ring (bicyclic) bond motifs is 1. The molecule has 0 N–H and O–H groups in total. The molecule has 0 saturated heterocycles. The fourth-order valence-corrected chi connectivity index (χ4v) is 3.98. The van der Waals surface area contributed by atoms with Crippen molar-refractivity contribution in [1.29, 1.82) is 0 Å². The van der Waals surface area contributed by atoms with E-state index in [2.05, 4.69) is 89.2 Å². The molecule has 4 rings (SSSR count). The minimum atomic E-state index is 0.941. The number of aryl methyl sites for hydroxylation is 4. The highest BCUT2D eigenvalue weighted by Gasteiger charge is 2.16. The summed E-state index contributed by atoms with van der Waals surface area (Å²) in [7, 11) is 0. The largest absolute Gasteiger partial charge is 0.461 e. The molecular weight excluding hydrogens is 340 g/mol. The highest BCUT2D eigenvalue weighted by atomic mass is 16.3. The molecule has 0 fully saturated rings. The number of para-hydroxylation sites is 1. The average Bonchev–Trinajstić information content (AvgIpc) is 3.00. The Morgan fingerprint density at radius 1 is 0.786 bits per heavy atom. The Labute approximate surface area is 167 Å². The predicted octanol–water partition coefficient (Wildman–Crippen LogP) is 7.79. The summed E-state index contributed by atoms with van der Waals surface area (Å²) >= 11 is 0. The van der Waals surface area contributed by atoms with Crippen LogP contribution in [0.3, 0.4) is 0 Å². The molecule has 1 aromatic heterocycles. The third-order valence-electron chi connectivity index (χ3n) is 5.56. The highest BCUT2D eigenvalue weighted by Crippen LogP contribution is 2.36. The van der Waals surface area contributed by atoms with Gasteiger partial charge in [-0.25, -0.2) is 0 Å². The number of rotatable bonds is 3. The highest BCUT2D eigenvalue weighted by molar-refractivity contribution is 5.97. The van der Waals surface area contributed by atoms with E-state index < -0.39 is 0 Å². The third-order valence-corrected chi connectivity index (χ3v) is 5.56. The first kappa shape index (κ1) is 18.3. The van der Waals surface area contributed by atoms with Gasteiger partial charge in [-0.3, -0.25) is 0 Å². The second kappa shape index (κ2) is 7.16. The van der Waals surface area contributed by atoms with Gasteiger partial charge in [0, 0.05) is 10.9 Å². The molecule has 0 aliphatic carbocycles. The lowest BCUT2D eigenvalue weighted by Gasteiger charge is -2.13. The number of allylic oxidation sites excluding steroid dienone is 1. The summed E-state index contributed by atoms with van der Waals surface area (Å²) in [5, 5.41) is 1.17. The van der Waals surface area contributed by atoms with Crippen LogP contribution in [0.2, 0.25) is 0 Å². The Morgan fingerprint density at radius 3 is 2.32 bits per heavy atom. The van der Waals surface area contributed by atoms with Gasteiger partial charge in [-0.05, 0) is 85.7 Å². The van der Waals surface area contributed by atoms with Crippen molar-refractivity contribution in [3.63, 3.8) is 0 Å². The Hall–Kier alpha value is -3.06. The van der Waals surface area contributed by atoms with Gasteiger partial charge in [-0.1, -0.05) is 54.6 Å². The number of hydrogen-bond acceptors (Lipinski definition) is 1. The maximum absolute atomic E-state index is 6.04. The van der Waals surface area contributed by atoms with E-state index in [0.29, 0.717) is 0 Å². The van der Waals surface area contributed by atoms with Crippen LogP contribution in [0.5, 0.6) is 0 Å². The Bertz CT molecular complexity index is 1200. The SMILES string of the molecule is C/C=C(/c1cc(C)cc(-c2ccc(C)c(C)c2)c1)c1c(C)oc2ccccc12. The van der Waals surface area contributed by atoms with Crippen molar-refractivity contribution < 1.29 is 4.42 Å². The summed E-state index contributed by atoms with van der Waals surface area (Å²) in [5.41, 5.74) is 11.0. The standard InChI is InChI=1S/C27H26O/c1-6-24(27-20(5)28-26-10-8-7-9-25(26)27)23-14-17(2)13-22(16-23)21-12-11-18(3)19(4)15-21/h6-16H,1-5H3/b24-6-. The molecule has 140 valence electrons. The molecule has 0 radical (unpaired) electrons. The van der Waals surface area contributed by atoms with Crippen molar-refractivity contribution in [1.82, 2.24) is 0 Å². The normalized spacial score (nSPS) is 12.0. The molecule has 0 aliphatic rings. The lowest BCUT2D eigenvalue weighted by molar-refractivity contribution is 0.577. The third kappa shape index (κ3) is 3.18. The molecule has 28 heavy (non-hydrogen) atoms. The van der Waals surface area contributed by atoms with Crippen LogP contribution in [0.25, 0.3) is 27.7 Å². The zero-order valence-electron chi connectivity index (χ0n) is 17.3. The number of furan rings is 1. The summed E-state index contributed by atoms with van der Waals surface area (Å²) < 4.78 is 6.04. The predicted molar refractivity (Wildman–Crippen MR) is 120 cm³/mol. The Kier molecular flexibility index (Phi) is 4.68. The van der Waals surface area contributed by atoms with Crippen LogP contribution >= 0.6 is 0 Å². The average molecular weight is 367 g/mol. The molecule has 0 amide bonds. The van der Waals surface area contributed by atoms with Gasteiger partial charge in [0.1, 0.15) is 11.3 Å². The number of hydrogen-bond donors (Lipinski definition) is 0. The van der Waals surface area contributed by atoms with Gasteiger partial charge in [0.25, 0.3) is 0 Å². The molecule has 0 unspecified atom stereocenters. The van der Waals surface area contributed by atoms with E-state index in [1.807, 2.05) is 12.1 Å². The molecule has 0 atom stereocenters. The van der Waals surface area contributed by atoms with E-state index in [1.54, 1.807) is 0 Å². The van der Waals surface area contributed by atoms with Crippen LogP contribution in [0.1, 0.15) is 40.5 Å². The molecule has 3 aromatic carbocycles. The molecule has 1 heterocycles. The first-order valence-corrected chi connectivity index (χ1v) is 9.82. The second-order valence-corrected chi connectivity index (χ2v) is 7.62. The van der Waals surface area contributed by atoms with Gasteiger partial charge < -0.3 is 4.42 Å². The monoisotopic (exact) mass is 366 g/mol.